The predicted molar refractivity (Wildman–Crippen MR) is 77.1 cm³/mol. The number of hydrogen-bond acceptors (Lipinski definition) is 3. The van der Waals surface area contributed by atoms with Gasteiger partial charge in [-0.25, -0.2) is 13.8 Å². The second-order valence-electron chi connectivity index (χ2n) is 3.98. The monoisotopic (exact) mass is 340 g/mol. The van der Waals surface area contributed by atoms with E-state index in [1.165, 1.54) is 29.5 Å². The van der Waals surface area contributed by atoms with Crippen LogP contribution in [-0.2, 0) is 0 Å². The van der Waals surface area contributed by atoms with E-state index in [0.29, 0.717) is 20.6 Å². The molecule has 0 bridgehead atoms. The quantitative estimate of drug-likeness (QED) is 0.658. The number of benzene rings is 2. The van der Waals surface area contributed by atoms with Gasteiger partial charge in [0.05, 0.1) is 15.9 Å². The number of nitrogen functional groups attached to an aromatic ring is 1. The second-order valence-corrected chi connectivity index (χ2v) is 5.87. The lowest BCUT2D eigenvalue weighted by Crippen LogP contribution is -1.92. The Morgan fingerprint density at radius 2 is 1.95 bits per heavy atom. The molecule has 0 saturated carbocycles. The van der Waals surface area contributed by atoms with Gasteiger partial charge in [0.25, 0.3) is 0 Å². The van der Waals surface area contributed by atoms with Gasteiger partial charge in [0.15, 0.2) is 0 Å². The molecule has 2 nitrogen and oxygen atoms in total. The first-order valence-electron chi connectivity index (χ1n) is 5.35. The number of rotatable bonds is 1. The lowest BCUT2D eigenvalue weighted by molar-refractivity contribution is 0.629. The summed E-state index contributed by atoms with van der Waals surface area (Å²) >= 11 is 4.58. The number of nitrogens with zero attached hydrogens (tertiary/aromatic N) is 1. The number of fused-ring (bicyclic) bond motifs is 1. The van der Waals surface area contributed by atoms with E-state index in [9.17, 15) is 8.78 Å². The van der Waals surface area contributed by atoms with Crippen LogP contribution in [0.1, 0.15) is 0 Å². The lowest BCUT2D eigenvalue weighted by Gasteiger charge is -2.02. The third-order valence-corrected chi connectivity index (χ3v) is 4.42. The van der Waals surface area contributed by atoms with Gasteiger partial charge in [0.1, 0.15) is 16.6 Å². The number of anilines is 1. The van der Waals surface area contributed by atoms with Crippen molar-refractivity contribution in [1.82, 2.24) is 4.98 Å². The minimum absolute atomic E-state index is 0.0657. The number of aromatic nitrogens is 1. The van der Waals surface area contributed by atoms with Gasteiger partial charge in [-0.3, -0.25) is 0 Å². The van der Waals surface area contributed by atoms with E-state index in [1.54, 1.807) is 12.1 Å². The molecule has 2 N–H and O–H groups in total. The van der Waals surface area contributed by atoms with Gasteiger partial charge in [-0.2, -0.15) is 0 Å². The summed E-state index contributed by atoms with van der Waals surface area (Å²) in [6, 6.07) is 7.43. The smallest absolute Gasteiger partial charge is 0.147 e. The average Bonchev–Trinajstić information content (AvgIpc) is 2.78. The van der Waals surface area contributed by atoms with Gasteiger partial charge in [-0.05, 0) is 40.2 Å². The first-order valence-corrected chi connectivity index (χ1v) is 6.96. The van der Waals surface area contributed by atoms with Crippen molar-refractivity contribution in [1.29, 1.82) is 0 Å². The summed E-state index contributed by atoms with van der Waals surface area (Å²) < 4.78 is 28.0. The van der Waals surface area contributed by atoms with Crippen LogP contribution in [-0.4, -0.2) is 4.98 Å². The number of hydrogen-bond donors (Lipinski definition) is 1. The van der Waals surface area contributed by atoms with Gasteiger partial charge < -0.3 is 5.73 Å². The Morgan fingerprint density at radius 3 is 2.68 bits per heavy atom. The third kappa shape index (κ3) is 2.21. The Hall–Kier alpha value is -1.53. The molecule has 0 aliphatic heterocycles. The zero-order valence-electron chi connectivity index (χ0n) is 9.45. The maximum atomic E-state index is 13.6. The Morgan fingerprint density at radius 1 is 1.16 bits per heavy atom. The van der Waals surface area contributed by atoms with Crippen LogP contribution >= 0.6 is 27.3 Å². The molecule has 0 radical (unpaired) electrons. The Labute approximate surface area is 120 Å². The largest absolute Gasteiger partial charge is 0.395 e. The van der Waals surface area contributed by atoms with E-state index in [2.05, 4.69) is 20.9 Å². The maximum absolute atomic E-state index is 13.6. The Bertz CT molecular complexity index is 762. The van der Waals surface area contributed by atoms with Gasteiger partial charge in [-0.15, -0.1) is 11.3 Å². The molecule has 0 unspecified atom stereocenters. The van der Waals surface area contributed by atoms with Crippen LogP contribution in [0.15, 0.2) is 34.8 Å². The topological polar surface area (TPSA) is 38.9 Å². The highest BCUT2D eigenvalue weighted by atomic mass is 79.9. The minimum atomic E-state index is -0.505. The van der Waals surface area contributed by atoms with Crippen molar-refractivity contribution in [3.05, 3.63) is 46.4 Å². The lowest BCUT2D eigenvalue weighted by atomic mass is 10.2. The molecular formula is C13H7BrF2N2S. The molecular weight excluding hydrogens is 334 g/mol. The van der Waals surface area contributed by atoms with Gasteiger partial charge in [0, 0.05) is 16.1 Å². The standard InChI is InChI=1S/C13H7BrF2N2S/c14-8-3-6(4-9(16)12(8)17)13-18-10-5-7(15)1-2-11(10)19-13/h1-5H,17H2. The van der Waals surface area contributed by atoms with Crippen molar-refractivity contribution in [2.75, 3.05) is 5.73 Å². The molecule has 0 aliphatic carbocycles. The fraction of sp³-hybridized carbons (Fsp3) is 0. The van der Waals surface area contributed by atoms with Crippen molar-refractivity contribution >= 4 is 43.2 Å². The predicted octanol–water partition coefficient (Wildman–Crippen LogP) is 4.59. The third-order valence-electron chi connectivity index (χ3n) is 2.68. The zero-order valence-corrected chi connectivity index (χ0v) is 11.9. The summed E-state index contributed by atoms with van der Waals surface area (Å²) in [6.45, 7) is 0. The van der Waals surface area contributed by atoms with Gasteiger partial charge >= 0.3 is 0 Å². The highest BCUT2D eigenvalue weighted by molar-refractivity contribution is 9.10. The van der Waals surface area contributed by atoms with Crippen LogP contribution in [0.4, 0.5) is 14.5 Å². The molecule has 1 aromatic heterocycles. The fourth-order valence-electron chi connectivity index (χ4n) is 1.73. The molecule has 0 saturated heterocycles. The first kappa shape index (κ1) is 12.5. The van der Waals surface area contributed by atoms with E-state index < -0.39 is 5.82 Å². The molecule has 2 aromatic carbocycles. The highest BCUT2D eigenvalue weighted by Crippen LogP contribution is 2.34. The Kier molecular flexibility index (Phi) is 2.99. The summed E-state index contributed by atoms with van der Waals surface area (Å²) in [5.74, 6) is -0.844. The molecule has 3 rings (SSSR count). The van der Waals surface area contributed by atoms with Gasteiger partial charge in [-0.1, -0.05) is 0 Å². The van der Waals surface area contributed by atoms with Crippen molar-refractivity contribution in [2.24, 2.45) is 0 Å². The molecule has 0 aliphatic rings. The summed E-state index contributed by atoms with van der Waals surface area (Å²) in [6.07, 6.45) is 0. The normalized spacial score (nSPS) is 11.1. The summed E-state index contributed by atoms with van der Waals surface area (Å²) in [5.41, 5.74) is 6.78. The average molecular weight is 341 g/mol. The molecule has 1 heterocycles. The molecule has 6 heteroatoms. The van der Waals surface area contributed by atoms with Crippen molar-refractivity contribution in [3.8, 4) is 10.6 Å². The summed E-state index contributed by atoms with van der Waals surface area (Å²) in [5, 5.41) is 0.625. The Balaban J connectivity index is 2.19. The number of nitrogens with two attached hydrogens (primary N) is 1. The molecule has 19 heavy (non-hydrogen) atoms. The fourth-order valence-corrected chi connectivity index (χ4v) is 3.10. The van der Waals surface area contributed by atoms with E-state index in [0.717, 1.165) is 4.70 Å². The van der Waals surface area contributed by atoms with Gasteiger partial charge in [0.2, 0.25) is 0 Å². The summed E-state index contributed by atoms with van der Waals surface area (Å²) in [7, 11) is 0. The molecule has 0 atom stereocenters. The molecule has 3 aromatic rings. The molecule has 0 fully saturated rings. The van der Waals surface area contributed by atoms with Crippen LogP contribution in [0.25, 0.3) is 20.8 Å². The zero-order chi connectivity index (χ0) is 13.6. The number of halogens is 3. The van der Waals surface area contributed by atoms with E-state index in [4.69, 9.17) is 5.73 Å². The van der Waals surface area contributed by atoms with Crippen molar-refractivity contribution < 1.29 is 8.78 Å². The molecule has 96 valence electrons. The van der Waals surface area contributed by atoms with Crippen molar-refractivity contribution in [3.63, 3.8) is 0 Å². The second kappa shape index (κ2) is 4.54. The first-order chi connectivity index (χ1) is 9.04. The SMILES string of the molecule is Nc1c(F)cc(-c2nc3cc(F)ccc3s2)cc1Br. The highest BCUT2D eigenvalue weighted by Gasteiger charge is 2.11. The summed E-state index contributed by atoms with van der Waals surface area (Å²) in [4.78, 5) is 4.31. The van der Waals surface area contributed by atoms with Crippen LogP contribution in [0.5, 0.6) is 0 Å². The van der Waals surface area contributed by atoms with Crippen molar-refractivity contribution in [2.45, 2.75) is 0 Å². The maximum Gasteiger partial charge on any atom is 0.147 e. The van der Waals surface area contributed by atoms with Crippen LogP contribution in [0.2, 0.25) is 0 Å². The van der Waals surface area contributed by atoms with Crippen LogP contribution in [0.3, 0.4) is 0 Å². The van der Waals surface area contributed by atoms with Crippen LogP contribution in [0, 0.1) is 11.6 Å². The number of thiazole rings is 1. The molecule has 0 amide bonds. The molecule has 0 spiro atoms. The van der Waals surface area contributed by atoms with E-state index in [1.807, 2.05) is 0 Å². The minimum Gasteiger partial charge on any atom is -0.395 e. The van der Waals surface area contributed by atoms with E-state index in [-0.39, 0.29) is 11.5 Å². The van der Waals surface area contributed by atoms with E-state index >= 15 is 0 Å². The van der Waals surface area contributed by atoms with Crippen LogP contribution < -0.4 is 5.73 Å².